The number of esters is 1. The van der Waals surface area contributed by atoms with Gasteiger partial charge in [-0.3, -0.25) is 13.8 Å². The van der Waals surface area contributed by atoms with Crippen LogP contribution in [-0.2, 0) is 18.8 Å². The van der Waals surface area contributed by atoms with E-state index in [-0.39, 0.29) is 33.7 Å². The fraction of sp³-hybridized carbons (Fsp3) is 0.520. The summed E-state index contributed by atoms with van der Waals surface area (Å²) in [5, 5.41) is 0. The zero-order valence-electron chi connectivity index (χ0n) is 23.5. The third kappa shape index (κ3) is 11.9. The van der Waals surface area contributed by atoms with Gasteiger partial charge in [0.2, 0.25) is 20.9 Å². The third-order valence-corrected chi connectivity index (χ3v) is 5.20. The number of alkyl halides is 2. The minimum absolute atomic E-state index is 0.0417. The van der Waals surface area contributed by atoms with Gasteiger partial charge in [0.25, 0.3) is 0 Å². The number of hydrogen-bond acceptors (Lipinski definition) is 11. The van der Waals surface area contributed by atoms with Crippen LogP contribution in [0.4, 0.5) is 14.7 Å². The standard InChI is InChI=1S/C18H23FN5O4P.C6H13NO2.CH3F/c1-3-25-17-15-16(22-18(20)23-17)24(11-21-15)12(2)27-14(9-19)10-26-29-28-13-7-5-4-6-8-13;1-4(2)9-6(8)5(3)7;1-2/h4-8,11-12,14,29H,3,9-10H2,1-2H3,(H2,20,22,23);4-5H,7H2,1-3H3;1H3. The Morgan fingerprint density at radius 1 is 1.12 bits per heavy atom. The second-order valence-corrected chi connectivity index (χ2v) is 8.90. The lowest BCUT2D eigenvalue weighted by molar-refractivity contribution is -0.148. The van der Waals surface area contributed by atoms with Crippen molar-refractivity contribution in [2.75, 3.05) is 32.8 Å². The molecule has 0 aliphatic heterocycles. The number of carbonyl (C=O) groups is 1. The van der Waals surface area contributed by atoms with Crippen LogP contribution in [0.5, 0.6) is 11.6 Å². The maximum Gasteiger partial charge on any atom is 0.322 e. The Bertz CT molecular complexity index is 1130. The molecule has 0 bridgehead atoms. The summed E-state index contributed by atoms with van der Waals surface area (Å²) in [6.07, 6.45) is 0.123. The number of aromatic nitrogens is 4. The fourth-order valence-electron chi connectivity index (χ4n) is 2.91. The Morgan fingerprint density at radius 2 is 1.80 bits per heavy atom. The highest BCUT2D eigenvalue weighted by Gasteiger charge is 2.20. The molecule has 2 heterocycles. The highest BCUT2D eigenvalue weighted by atomic mass is 31.1. The first-order chi connectivity index (χ1) is 19.2. The van der Waals surface area contributed by atoms with E-state index in [2.05, 4.69) is 15.0 Å². The van der Waals surface area contributed by atoms with E-state index < -0.39 is 25.0 Å². The van der Waals surface area contributed by atoms with Crippen LogP contribution in [0.3, 0.4) is 0 Å². The predicted molar refractivity (Wildman–Crippen MR) is 150 cm³/mol. The van der Waals surface area contributed by atoms with Crippen molar-refractivity contribution in [3.63, 3.8) is 0 Å². The molecule has 0 saturated carbocycles. The van der Waals surface area contributed by atoms with Gasteiger partial charge in [-0.25, -0.2) is 9.37 Å². The van der Waals surface area contributed by atoms with Crippen molar-refractivity contribution in [3.8, 4) is 11.6 Å². The number of para-hydroxylation sites is 1. The number of benzene rings is 1. The molecular weight excluding hydrogens is 549 g/mol. The fourth-order valence-corrected chi connectivity index (χ4v) is 3.45. The van der Waals surface area contributed by atoms with Crippen molar-refractivity contribution in [3.05, 3.63) is 36.7 Å². The van der Waals surface area contributed by atoms with Gasteiger partial charge < -0.3 is 34.7 Å². The SMILES string of the molecule is CC(C)OC(=O)C(C)N.CCOc1nc(N)nc2c1ncn2C(C)OC(CF)COPOc1ccccc1.CF. The van der Waals surface area contributed by atoms with E-state index >= 15 is 0 Å². The van der Waals surface area contributed by atoms with Crippen molar-refractivity contribution in [1.82, 2.24) is 19.5 Å². The van der Waals surface area contributed by atoms with Crippen molar-refractivity contribution >= 4 is 32.1 Å². The molecule has 15 heteroatoms. The van der Waals surface area contributed by atoms with Gasteiger partial charge >= 0.3 is 5.97 Å². The first kappa shape index (κ1) is 34.8. The molecule has 40 heavy (non-hydrogen) atoms. The molecule has 3 aromatic rings. The predicted octanol–water partition coefficient (Wildman–Crippen LogP) is 4.16. The molecule has 0 radical (unpaired) electrons. The van der Waals surface area contributed by atoms with Gasteiger partial charge in [0.1, 0.15) is 30.8 Å². The Morgan fingerprint density at radius 3 is 2.35 bits per heavy atom. The number of carbonyl (C=O) groups excluding carboxylic acids is 1. The molecule has 0 aliphatic rings. The number of rotatable bonds is 13. The topological polar surface area (TPSA) is 159 Å². The van der Waals surface area contributed by atoms with Gasteiger partial charge in [0, 0.05) is 0 Å². The summed E-state index contributed by atoms with van der Waals surface area (Å²) in [6.45, 7) is 8.52. The molecule has 0 fully saturated rings. The van der Waals surface area contributed by atoms with E-state index in [1.807, 2.05) is 37.3 Å². The summed E-state index contributed by atoms with van der Waals surface area (Å²) in [5.41, 5.74) is 11.9. The summed E-state index contributed by atoms with van der Waals surface area (Å²) >= 11 is 0. The number of ether oxygens (including phenoxy) is 3. The molecule has 2 aromatic heterocycles. The minimum atomic E-state index is -0.778. The van der Waals surface area contributed by atoms with E-state index in [1.54, 1.807) is 32.3 Å². The third-order valence-electron chi connectivity index (χ3n) is 4.60. The summed E-state index contributed by atoms with van der Waals surface area (Å²) in [5.74, 6) is 0.694. The second kappa shape index (κ2) is 19.0. The van der Waals surface area contributed by atoms with E-state index in [0.717, 1.165) is 0 Å². The van der Waals surface area contributed by atoms with Crippen molar-refractivity contribution in [1.29, 1.82) is 0 Å². The molecule has 3 rings (SSSR count). The van der Waals surface area contributed by atoms with E-state index in [1.165, 1.54) is 6.33 Å². The van der Waals surface area contributed by atoms with Crippen molar-refractivity contribution < 1.29 is 36.8 Å². The Kier molecular flexibility index (Phi) is 16.5. The van der Waals surface area contributed by atoms with E-state index in [4.69, 9.17) is 34.7 Å². The van der Waals surface area contributed by atoms with Gasteiger partial charge in [-0.2, -0.15) is 9.97 Å². The molecule has 4 unspecified atom stereocenters. The molecule has 0 amide bonds. The Labute approximate surface area is 234 Å². The normalized spacial score (nSPS) is 13.2. The summed E-state index contributed by atoms with van der Waals surface area (Å²) < 4.78 is 51.4. The highest BCUT2D eigenvalue weighted by molar-refractivity contribution is 7.26. The lowest BCUT2D eigenvalue weighted by atomic mass is 10.3. The number of nitrogen functional groups attached to an aromatic ring is 1. The molecular formula is C25H39F2N6O6P. The van der Waals surface area contributed by atoms with Crippen molar-refractivity contribution in [2.45, 2.75) is 59.1 Å². The van der Waals surface area contributed by atoms with Crippen LogP contribution in [0.25, 0.3) is 11.2 Å². The average molecular weight is 589 g/mol. The van der Waals surface area contributed by atoms with E-state index in [0.29, 0.717) is 36.6 Å². The lowest BCUT2D eigenvalue weighted by Crippen LogP contribution is -2.30. The molecule has 0 spiro atoms. The van der Waals surface area contributed by atoms with Gasteiger partial charge in [0.05, 0.1) is 32.8 Å². The molecule has 0 aliphatic carbocycles. The smallest absolute Gasteiger partial charge is 0.322 e. The zero-order valence-corrected chi connectivity index (χ0v) is 24.5. The maximum absolute atomic E-state index is 13.4. The molecule has 0 saturated heterocycles. The first-order valence-electron chi connectivity index (χ1n) is 12.4. The molecule has 12 nitrogen and oxygen atoms in total. The Balaban J connectivity index is 0.000000621. The monoisotopic (exact) mass is 588 g/mol. The van der Waals surface area contributed by atoms with Crippen LogP contribution < -0.4 is 20.7 Å². The number of imidazole rings is 1. The van der Waals surface area contributed by atoms with Crippen LogP contribution in [0.1, 0.15) is 40.8 Å². The summed E-state index contributed by atoms with van der Waals surface area (Å²) in [4.78, 5) is 23.1. The van der Waals surface area contributed by atoms with Crippen LogP contribution in [0.15, 0.2) is 36.7 Å². The van der Waals surface area contributed by atoms with Crippen LogP contribution >= 0.6 is 9.03 Å². The highest BCUT2D eigenvalue weighted by Crippen LogP contribution is 2.26. The number of nitrogens with two attached hydrogens (primary N) is 2. The average Bonchev–Trinajstić information content (AvgIpc) is 3.36. The molecule has 4 N–H and O–H groups in total. The van der Waals surface area contributed by atoms with Gasteiger partial charge in [0.15, 0.2) is 11.2 Å². The minimum Gasteiger partial charge on any atom is -0.476 e. The number of anilines is 1. The molecule has 224 valence electrons. The summed E-state index contributed by atoms with van der Waals surface area (Å²) in [7, 11) is 0.236. The van der Waals surface area contributed by atoms with Gasteiger partial charge in [-0.05, 0) is 46.8 Å². The van der Waals surface area contributed by atoms with Crippen LogP contribution in [0, 0.1) is 0 Å². The number of nitrogens with zero attached hydrogens (tertiary/aromatic N) is 4. The van der Waals surface area contributed by atoms with Crippen molar-refractivity contribution in [2.24, 2.45) is 5.73 Å². The largest absolute Gasteiger partial charge is 0.476 e. The number of halogens is 2. The van der Waals surface area contributed by atoms with Gasteiger partial charge in [-0.1, -0.05) is 18.2 Å². The number of fused-ring (bicyclic) bond motifs is 1. The first-order valence-corrected chi connectivity index (χ1v) is 13.2. The van der Waals surface area contributed by atoms with Crippen LogP contribution in [0.2, 0.25) is 0 Å². The Hall–Kier alpha value is -3.19. The second-order valence-electron chi connectivity index (χ2n) is 8.24. The summed E-state index contributed by atoms with van der Waals surface area (Å²) in [6, 6.07) is 8.73. The lowest BCUT2D eigenvalue weighted by Gasteiger charge is -2.21. The number of hydrogen-bond donors (Lipinski definition) is 2. The quantitative estimate of drug-likeness (QED) is 0.168. The molecule has 1 aromatic carbocycles. The van der Waals surface area contributed by atoms with E-state index in [9.17, 15) is 13.6 Å². The van der Waals surface area contributed by atoms with Crippen LogP contribution in [-0.4, -0.2) is 70.8 Å². The van der Waals surface area contributed by atoms with Gasteiger partial charge in [-0.15, -0.1) is 0 Å². The zero-order chi connectivity index (χ0) is 30.1. The maximum atomic E-state index is 13.4. The molecule has 4 atom stereocenters.